The first-order chi connectivity index (χ1) is 19.7. The quantitative estimate of drug-likeness (QED) is 0.395. The van der Waals surface area contributed by atoms with Crippen molar-refractivity contribution in [3.8, 4) is 5.75 Å². The highest BCUT2D eigenvalue weighted by atomic mass is 16.5. The maximum Gasteiger partial charge on any atom is 0.323 e. The Morgan fingerprint density at radius 1 is 1.07 bits per heavy atom. The Morgan fingerprint density at radius 3 is 2.49 bits per heavy atom. The van der Waals surface area contributed by atoms with Crippen molar-refractivity contribution < 1.29 is 24.2 Å². The average molecular weight is 566 g/mol. The third kappa shape index (κ3) is 8.36. The number of aliphatic hydroxyl groups is 1. The first-order valence-electron chi connectivity index (χ1n) is 14.6. The van der Waals surface area contributed by atoms with Gasteiger partial charge in [-0.15, -0.1) is 0 Å². The third-order valence-corrected chi connectivity index (χ3v) is 7.94. The molecule has 4 rings (SSSR count). The summed E-state index contributed by atoms with van der Waals surface area (Å²) in [6, 6.07) is 13.6. The van der Waals surface area contributed by atoms with E-state index >= 15 is 0 Å². The number of fused-ring (bicyclic) bond motifs is 1. The first-order valence-corrected chi connectivity index (χ1v) is 14.6. The summed E-state index contributed by atoms with van der Waals surface area (Å²) in [6.45, 7) is 4.35. The monoisotopic (exact) mass is 565 g/mol. The van der Waals surface area contributed by atoms with E-state index < -0.39 is 12.1 Å². The van der Waals surface area contributed by atoms with Gasteiger partial charge in [-0.3, -0.25) is 4.79 Å². The van der Waals surface area contributed by atoms with Crippen LogP contribution in [0.5, 0.6) is 5.75 Å². The lowest BCUT2D eigenvalue weighted by Gasteiger charge is -2.34. The number of ether oxygens (including phenoxy) is 1. The molecular weight excluding hydrogens is 522 g/mol. The minimum absolute atomic E-state index is 0.0486. The van der Waals surface area contributed by atoms with Gasteiger partial charge < -0.3 is 35.6 Å². The molecule has 1 aliphatic carbocycles. The fraction of sp³-hybridized carbons (Fsp3) is 0.516. The van der Waals surface area contributed by atoms with Crippen molar-refractivity contribution in [3.05, 3.63) is 54.1 Å². The fourth-order valence-corrected chi connectivity index (χ4v) is 5.42. The third-order valence-electron chi connectivity index (χ3n) is 7.94. The summed E-state index contributed by atoms with van der Waals surface area (Å²) in [7, 11) is 1.76. The van der Waals surface area contributed by atoms with E-state index in [0.29, 0.717) is 35.8 Å². The zero-order chi connectivity index (χ0) is 29.4. The van der Waals surface area contributed by atoms with Crippen LogP contribution in [0.25, 0.3) is 0 Å². The minimum Gasteiger partial charge on any atom is -0.488 e. The van der Waals surface area contributed by atoms with Gasteiger partial charge in [-0.1, -0.05) is 44.4 Å². The van der Waals surface area contributed by atoms with Gasteiger partial charge in [0.1, 0.15) is 11.9 Å². The summed E-state index contributed by atoms with van der Waals surface area (Å²) in [5, 5.41) is 18.7. The Balaban J connectivity index is 1.53. The van der Waals surface area contributed by atoms with Gasteiger partial charge in [-0.25, -0.2) is 9.59 Å². The van der Waals surface area contributed by atoms with Gasteiger partial charge in [0.2, 0.25) is 5.91 Å². The summed E-state index contributed by atoms with van der Waals surface area (Å²) in [6.07, 6.45) is 5.12. The Morgan fingerprint density at radius 2 is 1.78 bits per heavy atom. The summed E-state index contributed by atoms with van der Waals surface area (Å²) in [4.78, 5) is 42.4. The lowest BCUT2D eigenvalue weighted by atomic mass is 9.96. The van der Waals surface area contributed by atoms with Crippen molar-refractivity contribution in [3.63, 3.8) is 0 Å². The normalized spacial score (nSPS) is 20.4. The molecule has 2 aliphatic rings. The van der Waals surface area contributed by atoms with Crippen LogP contribution >= 0.6 is 0 Å². The molecule has 0 bridgehead atoms. The van der Waals surface area contributed by atoms with Crippen LogP contribution in [0.2, 0.25) is 0 Å². The highest BCUT2D eigenvalue weighted by molar-refractivity contribution is 5.99. The van der Waals surface area contributed by atoms with Gasteiger partial charge in [0, 0.05) is 42.5 Å². The Kier molecular flexibility index (Phi) is 10.5. The number of urea groups is 2. The number of hydrogen-bond acceptors (Lipinski definition) is 5. The van der Waals surface area contributed by atoms with Crippen LogP contribution in [0.1, 0.15) is 51.5 Å². The maximum absolute atomic E-state index is 13.4. The van der Waals surface area contributed by atoms with E-state index in [2.05, 4.69) is 16.0 Å². The maximum atomic E-state index is 13.4. The molecule has 2 aromatic rings. The molecule has 10 nitrogen and oxygen atoms in total. The highest BCUT2D eigenvalue weighted by Gasteiger charge is 2.32. The molecule has 5 amide bonds. The second kappa shape index (κ2) is 14.2. The molecule has 1 fully saturated rings. The van der Waals surface area contributed by atoms with E-state index in [1.807, 2.05) is 32.0 Å². The second-order valence-electron chi connectivity index (χ2n) is 11.3. The minimum atomic E-state index is -0.407. The van der Waals surface area contributed by atoms with E-state index in [1.54, 1.807) is 47.2 Å². The number of nitrogens with one attached hydrogen (secondary N) is 3. The van der Waals surface area contributed by atoms with E-state index in [0.717, 1.165) is 25.7 Å². The molecule has 4 N–H and O–H groups in total. The van der Waals surface area contributed by atoms with Crippen molar-refractivity contribution in [2.24, 2.45) is 5.92 Å². The number of amides is 5. The van der Waals surface area contributed by atoms with Crippen LogP contribution in [0.3, 0.4) is 0 Å². The van der Waals surface area contributed by atoms with E-state index in [1.165, 1.54) is 6.42 Å². The number of likely N-dealkylation sites (N-methyl/N-ethyl adjacent to an activating group) is 1. The van der Waals surface area contributed by atoms with Crippen LogP contribution in [-0.2, 0) is 11.2 Å². The number of benzene rings is 2. The van der Waals surface area contributed by atoms with Crippen LogP contribution in [0.4, 0.5) is 21.0 Å². The van der Waals surface area contributed by atoms with E-state index in [4.69, 9.17) is 4.74 Å². The zero-order valence-electron chi connectivity index (χ0n) is 24.3. The molecule has 0 spiro atoms. The Labute approximate surface area is 242 Å². The summed E-state index contributed by atoms with van der Waals surface area (Å²) in [5.41, 5.74) is 1.80. The summed E-state index contributed by atoms with van der Waals surface area (Å²) in [5.74, 6) is 0.264. The van der Waals surface area contributed by atoms with Crippen molar-refractivity contribution >= 4 is 29.3 Å². The SMILES string of the molecule is C[C@H]1CN([C@@H](C)CO)C(=O)Cc2cc(NC(=O)Nc3ccccc3)ccc2O[C@@H]1CN(C)C(=O)NC1CCCCC1. The summed E-state index contributed by atoms with van der Waals surface area (Å²) >= 11 is 0. The van der Waals surface area contributed by atoms with Crippen molar-refractivity contribution in [2.75, 3.05) is 37.4 Å². The predicted molar refractivity (Wildman–Crippen MR) is 159 cm³/mol. The topological polar surface area (TPSA) is 123 Å². The molecule has 222 valence electrons. The van der Waals surface area contributed by atoms with Crippen molar-refractivity contribution in [1.82, 2.24) is 15.1 Å². The number of anilines is 2. The molecule has 1 saturated carbocycles. The van der Waals surface area contributed by atoms with Crippen LogP contribution in [-0.4, -0.2) is 77.8 Å². The van der Waals surface area contributed by atoms with E-state index in [-0.39, 0.29) is 43.0 Å². The number of carbonyl (C=O) groups excluding carboxylic acids is 3. The summed E-state index contributed by atoms with van der Waals surface area (Å²) < 4.78 is 6.51. The molecule has 41 heavy (non-hydrogen) atoms. The van der Waals surface area contributed by atoms with Crippen molar-refractivity contribution in [1.29, 1.82) is 0 Å². The van der Waals surface area contributed by atoms with Gasteiger partial charge in [0.15, 0.2) is 0 Å². The molecule has 0 unspecified atom stereocenters. The number of para-hydroxylation sites is 1. The first kappa shape index (κ1) is 30.2. The smallest absolute Gasteiger partial charge is 0.323 e. The molecular formula is C31H43N5O5. The lowest BCUT2D eigenvalue weighted by Crippen LogP contribution is -2.50. The van der Waals surface area contributed by atoms with Crippen molar-refractivity contribution in [2.45, 2.75) is 70.6 Å². The number of aliphatic hydroxyl groups excluding tert-OH is 1. The molecule has 1 heterocycles. The van der Waals surface area contributed by atoms with Gasteiger partial charge >= 0.3 is 12.1 Å². The van der Waals surface area contributed by atoms with Gasteiger partial charge in [0.25, 0.3) is 0 Å². The van der Waals surface area contributed by atoms with Crippen LogP contribution in [0, 0.1) is 5.92 Å². The molecule has 0 radical (unpaired) electrons. The number of nitrogens with zero attached hydrogens (tertiary/aromatic N) is 2. The molecule has 10 heteroatoms. The largest absolute Gasteiger partial charge is 0.488 e. The molecule has 2 aromatic carbocycles. The average Bonchev–Trinajstić information content (AvgIpc) is 3.01. The second-order valence-corrected chi connectivity index (χ2v) is 11.3. The van der Waals surface area contributed by atoms with Crippen LogP contribution < -0.4 is 20.7 Å². The number of rotatable bonds is 7. The van der Waals surface area contributed by atoms with Gasteiger partial charge in [-0.05, 0) is 50.1 Å². The highest BCUT2D eigenvalue weighted by Crippen LogP contribution is 2.29. The number of carbonyl (C=O) groups is 3. The van der Waals surface area contributed by atoms with E-state index in [9.17, 15) is 19.5 Å². The predicted octanol–water partition coefficient (Wildman–Crippen LogP) is 4.45. The molecule has 3 atom stereocenters. The zero-order valence-corrected chi connectivity index (χ0v) is 24.3. The van der Waals surface area contributed by atoms with Crippen LogP contribution in [0.15, 0.2) is 48.5 Å². The molecule has 0 aromatic heterocycles. The number of hydrogen-bond donors (Lipinski definition) is 4. The standard InChI is InChI=1S/C31H43N5O5/c1-21-18-36(22(2)20-37)29(38)17-23-16-26(33-30(39)32-24-10-6-4-7-11-24)14-15-27(23)41-28(21)19-35(3)31(40)34-25-12-8-5-9-13-25/h4,6-7,10-11,14-16,21-22,25,28,37H,5,8-9,12-13,17-20H2,1-3H3,(H,34,40)(H2,32,33,39)/t21-,22-,28+/m0/s1. The lowest BCUT2D eigenvalue weighted by molar-refractivity contribution is -0.134. The fourth-order valence-electron chi connectivity index (χ4n) is 5.42. The van der Waals surface area contributed by atoms with Gasteiger partial charge in [-0.2, -0.15) is 0 Å². The van der Waals surface area contributed by atoms with Gasteiger partial charge in [0.05, 0.1) is 25.6 Å². The Hall–Kier alpha value is -3.79. The molecule has 0 saturated heterocycles. The molecule has 1 aliphatic heterocycles. The Bertz CT molecular complexity index is 1190.